The maximum Gasteiger partial charge on any atom is 0.260 e. The number of nitrogens with one attached hydrogen (secondary N) is 2. The number of benzene rings is 5. The first-order valence-electron chi connectivity index (χ1n) is 18.6. The van der Waals surface area contributed by atoms with Gasteiger partial charge in [0.15, 0.2) is 11.5 Å². The summed E-state index contributed by atoms with van der Waals surface area (Å²) in [6.45, 7) is 0. The van der Waals surface area contributed by atoms with Crippen LogP contribution in [0.2, 0.25) is 5.02 Å². The van der Waals surface area contributed by atoms with Crippen LogP contribution in [0.4, 0.5) is 27.1 Å². The predicted molar refractivity (Wildman–Crippen MR) is 212 cm³/mol. The molecule has 2 aliphatic heterocycles. The van der Waals surface area contributed by atoms with Gasteiger partial charge in [-0.2, -0.15) is 5.01 Å². The Labute approximate surface area is 332 Å². The van der Waals surface area contributed by atoms with Crippen molar-refractivity contribution in [3.63, 3.8) is 0 Å². The zero-order valence-electron chi connectivity index (χ0n) is 30.6. The van der Waals surface area contributed by atoms with Gasteiger partial charge in [0.1, 0.15) is 5.82 Å². The van der Waals surface area contributed by atoms with Crippen LogP contribution in [0.1, 0.15) is 29.9 Å². The largest absolute Gasteiger partial charge is 0.504 e. The molecule has 0 spiro atoms. The van der Waals surface area contributed by atoms with Crippen LogP contribution >= 0.6 is 11.6 Å². The summed E-state index contributed by atoms with van der Waals surface area (Å²) in [4.78, 5) is 60.4. The van der Waals surface area contributed by atoms with Gasteiger partial charge in [-0.15, -0.1) is 0 Å². The van der Waals surface area contributed by atoms with Crippen LogP contribution in [0.25, 0.3) is 0 Å². The van der Waals surface area contributed by atoms with Crippen molar-refractivity contribution in [2.24, 2.45) is 23.7 Å². The number of phenolic OH excluding ortho intramolecular Hbond substituents is 1. The molecule has 4 amide bonds. The zero-order chi connectivity index (χ0) is 39.6. The molecule has 0 radical (unpaired) electrons. The number of nitrogens with zero attached hydrogens (tertiary/aromatic N) is 2. The highest BCUT2D eigenvalue weighted by molar-refractivity contribution is 6.30. The van der Waals surface area contributed by atoms with Crippen molar-refractivity contribution in [2.45, 2.75) is 24.2 Å². The maximum atomic E-state index is 15.3. The molecule has 9 rings (SSSR count). The number of imide groups is 2. The number of amides is 4. The molecule has 0 bridgehead atoms. The van der Waals surface area contributed by atoms with E-state index in [0.29, 0.717) is 27.5 Å². The molecule has 5 aromatic carbocycles. The van der Waals surface area contributed by atoms with Gasteiger partial charge in [0.2, 0.25) is 11.8 Å². The normalized spacial score (nSPS) is 25.1. The van der Waals surface area contributed by atoms with Crippen LogP contribution in [0.15, 0.2) is 133 Å². The molecule has 3 N–H and O–H groups in total. The van der Waals surface area contributed by atoms with Gasteiger partial charge >= 0.3 is 0 Å². The first kappa shape index (κ1) is 36.2. The number of aromatic hydroxyl groups is 1. The molecule has 1 saturated carbocycles. The average molecular weight is 783 g/mol. The van der Waals surface area contributed by atoms with E-state index in [9.17, 15) is 23.9 Å². The number of hydrazine groups is 1. The maximum absolute atomic E-state index is 15.3. The number of para-hydroxylation sites is 1. The van der Waals surface area contributed by atoms with Gasteiger partial charge in [-0.1, -0.05) is 59.6 Å². The van der Waals surface area contributed by atoms with Gasteiger partial charge in [-0.25, -0.2) is 4.39 Å². The molecule has 2 aliphatic carbocycles. The molecular weight excluding hydrogens is 747 g/mol. The van der Waals surface area contributed by atoms with Crippen LogP contribution in [-0.2, 0) is 24.6 Å². The number of fused-ring (bicyclic) bond motifs is 4. The third-order valence-electron chi connectivity index (χ3n) is 12.0. The Bertz CT molecular complexity index is 2460. The number of carbonyl (C=O) groups is 4. The lowest BCUT2D eigenvalue weighted by Gasteiger charge is -2.50. The monoisotopic (exact) mass is 782 g/mol. The van der Waals surface area contributed by atoms with Crippen molar-refractivity contribution in [1.29, 1.82) is 0 Å². The molecule has 0 unspecified atom stereocenters. The summed E-state index contributed by atoms with van der Waals surface area (Å²) in [5.74, 6) is -6.30. The summed E-state index contributed by atoms with van der Waals surface area (Å²) >= 11 is 6.38. The van der Waals surface area contributed by atoms with Crippen molar-refractivity contribution >= 4 is 58.0 Å². The highest BCUT2D eigenvalue weighted by Gasteiger charge is 2.70. The van der Waals surface area contributed by atoms with Crippen LogP contribution < -0.4 is 20.4 Å². The van der Waals surface area contributed by atoms with E-state index in [1.54, 1.807) is 48.5 Å². The lowest BCUT2D eigenvalue weighted by molar-refractivity contribution is -0.138. The van der Waals surface area contributed by atoms with Gasteiger partial charge in [-0.05, 0) is 115 Å². The number of anilines is 4. The Hall–Kier alpha value is -6.46. The molecule has 5 aromatic rings. The summed E-state index contributed by atoms with van der Waals surface area (Å²) in [6.07, 6.45) is 2.25. The standard InChI is InChI=1S/C45H36ClFN4O6/c1-57-38-22-7-25(23-37(38)52)40-33-20-21-34-39(43(55)50(41(34)53)32-18-16-30(17-19-32)48-29-5-3-2-4-6-29)35(33)24-36-42(54)51(49-31-14-12-28(47)13-15-31)44(56)45(36,40)26-8-10-27(46)11-9-26/h2-20,22-23,34-36,39-40,48-49,52H,21,24H2,1H3/t34-,35+,36-,39-,40-,45+/m0/s1. The number of hydrogen-bond donors (Lipinski definition) is 3. The molecule has 2 saturated heterocycles. The molecule has 4 aliphatic rings. The fraction of sp³-hybridized carbons (Fsp3) is 0.200. The highest BCUT2D eigenvalue weighted by Crippen LogP contribution is 2.64. The third-order valence-corrected chi connectivity index (χ3v) is 12.2. The Morgan fingerprint density at radius 1 is 0.789 bits per heavy atom. The van der Waals surface area contributed by atoms with E-state index in [0.717, 1.165) is 22.0 Å². The predicted octanol–water partition coefficient (Wildman–Crippen LogP) is 8.13. The summed E-state index contributed by atoms with van der Waals surface area (Å²) < 4.78 is 19.3. The van der Waals surface area contributed by atoms with Crippen molar-refractivity contribution in [3.05, 3.63) is 155 Å². The Kier molecular flexibility index (Phi) is 8.85. The van der Waals surface area contributed by atoms with E-state index in [1.165, 1.54) is 42.3 Å². The first-order valence-corrected chi connectivity index (χ1v) is 19.0. The molecule has 2 heterocycles. The number of allylic oxidation sites excluding steroid dienone is 2. The number of methoxy groups -OCH3 is 1. The SMILES string of the molecule is COc1ccc([C@H]2C3=CC[C@@H]4C(=O)N(c5ccc(Nc6ccccc6)cc5)C(=O)[C@@H]4[C@@H]3C[C@H]3C(=O)N(Nc4ccc(F)cc4)C(=O)[C@@]23c2ccc(Cl)cc2)cc1O. The lowest BCUT2D eigenvalue weighted by Crippen LogP contribution is -2.53. The smallest absolute Gasteiger partial charge is 0.260 e. The number of hydrogen-bond acceptors (Lipinski definition) is 8. The average Bonchev–Trinajstić information content (AvgIpc) is 3.60. The minimum atomic E-state index is -1.59. The number of rotatable bonds is 8. The molecule has 286 valence electrons. The van der Waals surface area contributed by atoms with Crippen molar-refractivity contribution in [1.82, 2.24) is 5.01 Å². The van der Waals surface area contributed by atoms with Crippen molar-refractivity contribution < 1.29 is 33.4 Å². The molecule has 3 fully saturated rings. The van der Waals surface area contributed by atoms with Crippen molar-refractivity contribution in [2.75, 3.05) is 22.8 Å². The topological polar surface area (TPSA) is 128 Å². The number of carbonyl (C=O) groups excluding carboxylic acids is 4. The quantitative estimate of drug-likeness (QED) is 0.106. The van der Waals surface area contributed by atoms with E-state index in [1.807, 2.05) is 48.5 Å². The van der Waals surface area contributed by atoms with Gasteiger partial charge in [0.05, 0.1) is 41.7 Å². The fourth-order valence-electron chi connectivity index (χ4n) is 9.55. The molecule has 57 heavy (non-hydrogen) atoms. The molecular formula is C45H36ClFN4O6. The van der Waals surface area contributed by atoms with Crippen LogP contribution in [0.5, 0.6) is 11.5 Å². The second-order valence-electron chi connectivity index (χ2n) is 14.9. The summed E-state index contributed by atoms with van der Waals surface area (Å²) in [5.41, 5.74) is 5.53. The minimum Gasteiger partial charge on any atom is -0.504 e. The minimum absolute atomic E-state index is 0.0766. The third kappa shape index (κ3) is 5.75. The highest BCUT2D eigenvalue weighted by atomic mass is 35.5. The lowest BCUT2D eigenvalue weighted by atomic mass is 9.49. The molecule has 12 heteroatoms. The number of phenols is 1. The van der Waals surface area contributed by atoms with Gasteiger partial charge in [0.25, 0.3) is 11.8 Å². The first-order chi connectivity index (χ1) is 27.6. The van der Waals surface area contributed by atoms with Gasteiger partial charge in [-0.3, -0.25) is 29.5 Å². The second-order valence-corrected chi connectivity index (χ2v) is 15.3. The van der Waals surface area contributed by atoms with E-state index >= 15 is 4.79 Å². The Morgan fingerprint density at radius 3 is 2.16 bits per heavy atom. The van der Waals surface area contributed by atoms with Gasteiger partial charge < -0.3 is 15.2 Å². The summed E-state index contributed by atoms with van der Waals surface area (Å²) in [6, 6.07) is 33.7. The fourth-order valence-corrected chi connectivity index (χ4v) is 9.68. The van der Waals surface area contributed by atoms with E-state index in [2.05, 4.69) is 10.7 Å². The van der Waals surface area contributed by atoms with Crippen LogP contribution in [-0.4, -0.2) is 40.9 Å². The van der Waals surface area contributed by atoms with E-state index < -0.39 is 52.6 Å². The number of ether oxygens (including phenoxy) is 1. The van der Waals surface area contributed by atoms with E-state index in [-0.39, 0.29) is 36.2 Å². The summed E-state index contributed by atoms with van der Waals surface area (Å²) in [7, 11) is 1.43. The van der Waals surface area contributed by atoms with Gasteiger partial charge in [0, 0.05) is 22.3 Å². The molecule has 10 nitrogen and oxygen atoms in total. The van der Waals surface area contributed by atoms with Crippen molar-refractivity contribution in [3.8, 4) is 11.5 Å². The zero-order valence-corrected chi connectivity index (χ0v) is 31.3. The Balaban J connectivity index is 1.16. The molecule has 6 atom stereocenters. The second kappa shape index (κ2) is 13.9. The Morgan fingerprint density at radius 2 is 1.47 bits per heavy atom. The summed E-state index contributed by atoms with van der Waals surface area (Å²) in [5, 5.41) is 15.9. The van der Waals surface area contributed by atoms with Crippen LogP contribution in [0.3, 0.4) is 0 Å². The van der Waals surface area contributed by atoms with Crippen LogP contribution in [0, 0.1) is 29.5 Å². The number of halogens is 2. The van der Waals surface area contributed by atoms with E-state index in [4.69, 9.17) is 16.3 Å². The molecule has 0 aromatic heterocycles.